The Bertz CT molecular complexity index is 680. The van der Waals surface area contributed by atoms with Gasteiger partial charge in [0.05, 0.1) is 23.5 Å². The molecule has 2 aromatic heterocycles. The fraction of sp³-hybridized carbons (Fsp3) is 0.0667. The Hall–Kier alpha value is -2.26. The average Bonchev–Trinajstić information content (AvgIpc) is 2.47. The molecule has 3 heteroatoms. The first-order valence-electron chi connectivity index (χ1n) is 5.79. The summed E-state index contributed by atoms with van der Waals surface area (Å²) >= 11 is 0. The number of aliphatic hydroxyl groups is 1. The van der Waals surface area contributed by atoms with E-state index in [1.807, 2.05) is 48.5 Å². The summed E-state index contributed by atoms with van der Waals surface area (Å²) in [6.07, 6.45) is 1.74. The van der Waals surface area contributed by atoms with Crippen LogP contribution in [0.15, 0.2) is 54.7 Å². The van der Waals surface area contributed by atoms with Crippen LogP contribution in [0, 0.1) is 0 Å². The topological polar surface area (TPSA) is 46.0 Å². The van der Waals surface area contributed by atoms with Crippen molar-refractivity contribution in [1.82, 2.24) is 9.97 Å². The molecule has 0 aliphatic rings. The second-order valence-corrected chi connectivity index (χ2v) is 4.06. The van der Waals surface area contributed by atoms with Crippen molar-refractivity contribution in [1.29, 1.82) is 0 Å². The summed E-state index contributed by atoms with van der Waals surface area (Å²) in [7, 11) is 0. The Balaban J connectivity index is 2.26. The summed E-state index contributed by atoms with van der Waals surface area (Å²) < 4.78 is 0. The lowest BCUT2D eigenvalue weighted by atomic mass is 10.1. The van der Waals surface area contributed by atoms with Gasteiger partial charge in [-0.15, -0.1) is 0 Å². The fourth-order valence-corrected chi connectivity index (χ4v) is 2.02. The van der Waals surface area contributed by atoms with Gasteiger partial charge >= 0.3 is 0 Å². The Kier molecular flexibility index (Phi) is 2.74. The minimum atomic E-state index is 0.00284. The number of hydrogen-bond acceptors (Lipinski definition) is 3. The number of aromatic nitrogens is 2. The zero-order chi connectivity index (χ0) is 12.4. The van der Waals surface area contributed by atoms with E-state index in [2.05, 4.69) is 9.97 Å². The number of hydrogen-bond donors (Lipinski definition) is 1. The zero-order valence-electron chi connectivity index (χ0n) is 9.74. The molecular weight excluding hydrogens is 224 g/mol. The van der Waals surface area contributed by atoms with E-state index in [0.29, 0.717) is 0 Å². The highest BCUT2D eigenvalue weighted by molar-refractivity contribution is 5.84. The Labute approximate surface area is 105 Å². The van der Waals surface area contributed by atoms with E-state index in [4.69, 9.17) is 0 Å². The van der Waals surface area contributed by atoms with Gasteiger partial charge in [-0.25, -0.2) is 4.98 Å². The Morgan fingerprint density at radius 1 is 0.944 bits per heavy atom. The highest BCUT2D eigenvalue weighted by atomic mass is 16.3. The molecule has 3 aromatic rings. The molecular formula is C15H12N2O. The largest absolute Gasteiger partial charge is 0.392 e. The molecule has 0 saturated carbocycles. The van der Waals surface area contributed by atoms with E-state index in [1.165, 1.54) is 0 Å². The first-order chi connectivity index (χ1) is 8.88. The van der Waals surface area contributed by atoms with Gasteiger partial charge in [0.2, 0.25) is 0 Å². The van der Waals surface area contributed by atoms with Crippen LogP contribution in [0.25, 0.3) is 22.3 Å². The summed E-state index contributed by atoms with van der Waals surface area (Å²) in [6.45, 7) is 0.00284. The molecule has 0 atom stereocenters. The lowest BCUT2D eigenvalue weighted by molar-refractivity contribution is 0.283. The highest BCUT2D eigenvalue weighted by Crippen LogP contribution is 2.23. The van der Waals surface area contributed by atoms with Crippen molar-refractivity contribution in [3.63, 3.8) is 0 Å². The van der Waals surface area contributed by atoms with Crippen LogP contribution in [-0.2, 0) is 6.61 Å². The maximum Gasteiger partial charge on any atom is 0.0897 e. The van der Waals surface area contributed by atoms with E-state index in [1.54, 1.807) is 6.20 Å². The van der Waals surface area contributed by atoms with Crippen molar-refractivity contribution in [3.8, 4) is 11.4 Å². The lowest BCUT2D eigenvalue weighted by Gasteiger charge is -2.07. The number of pyridine rings is 2. The molecule has 0 spiro atoms. The summed E-state index contributed by atoms with van der Waals surface area (Å²) in [5.74, 6) is 0. The van der Waals surface area contributed by atoms with E-state index in [-0.39, 0.29) is 6.61 Å². The number of fused-ring (bicyclic) bond motifs is 1. The second-order valence-electron chi connectivity index (χ2n) is 4.06. The predicted octanol–water partition coefficient (Wildman–Crippen LogP) is 2.79. The van der Waals surface area contributed by atoms with Crippen LogP contribution < -0.4 is 0 Å². The minimum Gasteiger partial charge on any atom is -0.392 e. The van der Waals surface area contributed by atoms with E-state index >= 15 is 0 Å². The molecule has 0 radical (unpaired) electrons. The maximum atomic E-state index is 9.46. The molecule has 0 amide bonds. The molecule has 0 fully saturated rings. The number of nitrogens with zero attached hydrogens (tertiary/aromatic N) is 2. The molecule has 1 aromatic carbocycles. The molecule has 3 nitrogen and oxygen atoms in total. The molecule has 3 rings (SSSR count). The summed E-state index contributed by atoms with van der Waals surface area (Å²) in [6, 6.07) is 15.4. The van der Waals surface area contributed by atoms with Crippen LogP contribution in [0.2, 0.25) is 0 Å². The molecule has 0 unspecified atom stereocenters. The van der Waals surface area contributed by atoms with Gasteiger partial charge in [-0.3, -0.25) is 4.98 Å². The highest BCUT2D eigenvalue weighted by Gasteiger charge is 2.06. The number of aliphatic hydroxyl groups excluding tert-OH is 1. The Morgan fingerprint density at radius 2 is 1.78 bits per heavy atom. The van der Waals surface area contributed by atoms with Crippen LogP contribution in [0.5, 0.6) is 0 Å². The average molecular weight is 236 g/mol. The summed E-state index contributed by atoms with van der Waals surface area (Å²) in [5, 5.41) is 10.4. The van der Waals surface area contributed by atoms with Gasteiger partial charge in [0, 0.05) is 11.6 Å². The van der Waals surface area contributed by atoms with Crippen LogP contribution in [0.1, 0.15) is 5.56 Å². The van der Waals surface area contributed by atoms with Crippen molar-refractivity contribution >= 4 is 10.9 Å². The molecule has 0 aliphatic carbocycles. The van der Waals surface area contributed by atoms with Crippen molar-refractivity contribution in [2.24, 2.45) is 0 Å². The predicted molar refractivity (Wildman–Crippen MR) is 70.9 cm³/mol. The van der Waals surface area contributed by atoms with Crippen LogP contribution in [0.3, 0.4) is 0 Å². The van der Waals surface area contributed by atoms with Gasteiger partial charge in [-0.1, -0.05) is 24.3 Å². The van der Waals surface area contributed by atoms with Gasteiger partial charge < -0.3 is 5.11 Å². The van der Waals surface area contributed by atoms with Crippen molar-refractivity contribution in [3.05, 3.63) is 60.3 Å². The van der Waals surface area contributed by atoms with Gasteiger partial charge in [-0.05, 0) is 29.8 Å². The SMILES string of the molecule is OCc1cc(-c2ccccn2)nc2ccccc12. The first kappa shape index (κ1) is 10.9. The van der Waals surface area contributed by atoms with Gasteiger partial charge in [-0.2, -0.15) is 0 Å². The quantitative estimate of drug-likeness (QED) is 0.744. The van der Waals surface area contributed by atoms with Crippen molar-refractivity contribution in [2.75, 3.05) is 0 Å². The normalized spacial score (nSPS) is 10.7. The third-order valence-electron chi connectivity index (χ3n) is 2.90. The van der Waals surface area contributed by atoms with E-state index in [0.717, 1.165) is 27.9 Å². The van der Waals surface area contributed by atoms with Crippen molar-refractivity contribution < 1.29 is 5.11 Å². The third-order valence-corrected chi connectivity index (χ3v) is 2.90. The number of benzene rings is 1. The number of rotatable bonds is 2. The standard InChI is InChI=1S/C15H12N2O/c18-10-11-9-15(14-7-3-4-8-16-14)17-13-6-2-1-5-12(11)13/h1-9,18H,10H2. The monoisotopic (exact) mass is 236 g/mol. The lowest BCUT2D eigenvalue weighted by Crippen LogP contribution is -1.93. The van der Waals surface area contributed by atoms with Gasteiger partial charge in [0.1, 0.15) is 0 Å². The molecule has 0 bridgehead atoms. The van der Waals surface area contributed by atoms with Crippen LogP contribution >= 0.6 is 0 Å². The van der Waals surface area contributed by atoms with Gasteiger partial charge in [0.25, 0.3) is 0 Å². The van der Waals surface area contributed by atoms with Gasteiger partial charge in [0.15, 0.2) is 0 Å². The number of para-hydroxylation sites is 1. The third kappa shape index (κ3) is 1.85. The molecule has 2 heterocycles. The molecule has 88 valence electrons. The van der Waals surface area contributed by atoms with E-state index < -0.39 is 0 Å². The Morgan fingerprint density at radius 3 is 2.56 bits per heavy atom. The minimum absolute atomic E-state index is 0.00284. The second kappa shape index (κ2) is 4.55. The fourth-order valence-electron chi connectivity index (χ4n) is 2.02. The molecule has 1 N–H and O–H groups in total. The first-order valence-corrected chi connectivity index (χ1v) is 5.79. The molecule has 18 heavy (non-hydrogen) atoms. The smallest absolute Gasteiger partial charge is 0.0897 e. The summed E-state index contributed by atoms with van der Waals surface area (Å²) in [4.78, 5) is 8.87. The molecule has 0 saturated heterocycles. The molecule has 0 aliphatic heterocycles. The van der Waals surface area contributed by atoms with Crippen LogP contribution in [0.4, 0.5) is 0 Å². The van der Waals surface area contributed by atoms with Crippen molar-refractivity contribution in [2.45, 2.75) is 6.61 Å². The summed E-state index contributed by atoms with van der Waals surface area (Å²) in [5.41, 5.74) is 3.36. The van der Waals surface area contributed by atoms with E-state index in [9.17, 15) is 5.11 Å². The zero-order valence-corrected chi connectivity index (χ0v) is 9.74. The van der Waals surface area contributed by atoms with Crippen LogP contribution in [-0.4, -0.2) is 15.1 Å². The maximum absolute atomic E-state index is 9.46.